The Labute approximate surface area is 111 Å². The van der Waals surface area contributed by atoms with Crippen LogP contribution in [0.4, 0.5) is 5.82 Å². The maximum Gasteiger partial charge on any atom is 0.128 e. The van der Waals surface area contributed by atoms with Gasteiger partial charge in [-0.1, -0.05) is 13.3 Å². The first-order chi connectivity index (χ1) is 8.83. The van der Waals surface area contributed by atoms with Gasteiger partial charge in [-0.15, -0.1) is 0 Å². The highest BCUT2D eigenvalue weighted by molar-refractivity contribution is 5.41. The molecule has 0 bridgehead atoms. The lowest BCUT2D eigenvalue weighted by molar-refractivity contribution is 0.318. The highest BCUT2D eigenvalue weighted by Crippen LogP contribution is 2.28. The van der Waals surface area contributed by atoms with Crippen molar-refractivity contribution in [1.82, 2.24) is 10.3 Å². The smallest absolute Gasteiger partial charge is 0.128 e. The van der Waals surface area contributed by atoms with Crippen LogP contribution in [0.25, 0.3) is 0 Å². The van der Waals surface area contributed by atoms with Crippen molar-refractivity contribution < 1.29 is 0 Å². The fraction of sp³-hybridized carbons (Fsp3) is 0.667. The van der Waals surface area contributed by atoms with Crippen LogP contribution in [0.5, 0.6) is 0 Å². The number of pyridine rings is 1. The molecule has 0 radical (unpaired) electrons. The third kappa shape index (κ3) is 3.45. The molecular formula is C15H25N3. The fourth-order valence-electron chi connectivity index (χ4n) is 2.38. The summed E-state index contributed by atoms with van der Waals surface area (Å²) in [6.07, 6.45) is 6.14. The number of nitrogens with one attached hydrogen (secondary N) is 1. The van der Waals surface area contributed by atoms with Gasteiger partial charge in [0.15, 0.2) is 0 Å². The summed E-state index contributed by atoms with van der Waals surface area (Å²) in [6.45, 7) is 8.53. The summed E-state index contributed by atoms with van der Waals surface area (Å²) in [5.41, 5.74) is 1.33. The summed E-state index contributed by atoms with van der Waals surface area (Å²) in [6, 6.07) is 4.33. The highest BCUT2D eigenvalue weighted by Gasteiger charge is 2.20. The Kier molecular flexibility index (Phi) is 5.00. The zero-order chi connectivity index (χ0) is 12.8. The summed E-state index contributed by atoms with van der Waals surface area (Å²) < 4.78 is 0. The molecule has 3 nitrogen and oxygen atoms in total. The van der Waals surface area contributed by atoms with Gasteiger partial charge in [0.2, 0.25) is 0 Å². The Morgan fingerprint density at radius 2 is 2.22 bits per heavy atom. The lowest BCUT2D eigenvalue weighted by atomic mass is 9.85. The highest BCUT2D eigenvalue weighted by atomic mass is 15.2. The van der Waals surface area contributed by atoms with Crippen molar-refractivity contribution in [3.8, 4) is 0 Å². The van der Waals surface area contributed by atoms with Crippen LogP contribution in [-0.4, -0.2) is 24.6 Å². The number of hydrogen-bond acceptors (Lipinski definition) is 3. The van der Waals surface area contributed by atoms with E-state index < -0.39 is 0 Å². The molecule has 0 amide bonds. The van der Waals surface area contributed by atoms with Crippen molar-refractivity contribution in [3.05, 3.63) is 23.9 Å². The number of hydrogen-bond donors (Lipinski definition) is 1. The molecule has 0 spiro atoms. The molecule has 1 aliphatic rings. The molecule has 0 aromatic carbocycles. The number of aromatic nitrogens is 1. The van der Waals surface area contributed by atoms with Crippen LogP contribution in [0.15, 0.2) is 18.3 Å². The molecule has 2 rings (SSSR count). The summed E-state index contributed by atoms with van der Waals surface area (Å²) >= 11 is 0. The summed E-state index contributed by atoms with van der Waals surface area (Å²) in [5, 5.41) is 3.37. The van der Waals surface area contributed by atoms with Gasteiger partial charge in [0.1, 0.15) is 5.82 Å². The Hall–Kier alpha value is -1.09. The van der Waals surface area contributed by atoms with Gasteiger partial charge in [-0.2, -0.15) is 0 Å². The Morgan fingerprint density at radius 1 is 1.39 bits per heavy atom. The second kappa shape index (κ2) is 6.74. The first kappa shape index (κ1) is 13.3. The van der Waals surface area contributed by atoms with Gasteiger partial charge in [-0.3, -0.25) is 0 Å². The zero-order valence-electron chi connectivity index (χ0n) is 11.7. The summed E-state index contributed by atoms with van der Waals surface area (Å²) in [7, 11) is 0. The normalized spacial score (nSPS) is 15.4. The predicted octanol–water partition coefficient (Wildman–Crippen LogP) is 2.82. The molecule has 0 saturated heterocycles. The maximum absolute atomic E-state index is 4.53. The van der Waals surface area contributed by atoms with Gasteiger partial charge in [0, 0.05) is 25.8 Å². The lowest BCUT2D eigenvalue weighted by Crippen LogP contribution is -2.33. The Balaban J connectivity index is 1.99. The standard InChI is InChI=1S/C15H25N3/c1-3-16-11-14-8-9-17-15(10-14)18(4-2)12-13-6-5-7-13/h8-10,13,16H,3-7,11-12H2,1-2H3. The summed E-state index contributed by atoms with van der Waals surface area (Å²) in [4.78, 5) is 6.94. The molecule has 1 heterocycles. The lowest BCUT2D eigenvalue weighted by Gasteiger charge is -2.32. The second-order valence-electron chi connectivity index (χ2n) is 5.14. The second-order valence-corrected chi connectivity index (χ2v) is 5.14. The maximum atomic E-state index is 4.53. The monoisotopic (exact) mass is 247 g/mol. The van der Waals surface area contributed by atoms with Crippen LogP contribution in [-0.2, 0) is 6.54 Å². The van der Waals surface area contributed by atoms with E-state index in [9.17, 15) is 0 Å². The minimum atomic E-state index is 0.893. The van der Waals surface area contributed by atoms with Gasteiger partial charge < -0.3 is 10.2 Å². The minimum Gasteiger partial charge on any atom is -0.357 e. The van der Waals surface area contributed by atoms with E-state index in [0.717, 1.165) is 31.4 Å². The molecule has 0 unspecified atom stereocenters. The van der Waals surface area contributed by atoms with Crippen molar-refractivity contribution in [2.45, 2.75) is 39.7 Å². The van der Waals surface area contributed by atoms with E-state index in [4.69, 9.17) is 0 Å². The predicted molar refractivity (Wildman–Crippen MR) is 76.8 cm³/mol. The molecule has 1 aromatic rings. The van der Waals surface area contributed by atoms with E-state index in [-0.39, 0.29) is 0 Å². The molecule has 0 aliphatic heterocycles. The van der Waals surface area contributed by atoms with Crippen LogP contribution in [0.3, 0.4) is 0 Å². The minimum absolute atomic E-state index is 0.893. The zero-order valence-corrected chi connectivity index (χ0v) is 11.7. The van der Waals surface area contributed by atoms with Crippen LogP contribution < -0.4 is 10.2 Å². The third-order valence-electron chi connectivity index (χ3n) is 3.80. The molecule has 3 heteroatoms. The van der Waals surface area contributed by atoms with E-state index in [0.29, 0.717) is 0 Å². The van der Waals surface area contributed by atoms with Gasteiger partial charge in [-0.05, 0) is 49.9 Å². The van der Waals surface area contributed by atoms with E-state index in [2.05, 4.69) is 41.2 Å². The quantitative estimate of drug-likeness (QED) is 0.803. The first-order valence-corrected chi connectivity index (χ1v) is 7.24. The molecule has 1 N–H and O–H groups in total. The van der Waals surface area contributed by atoms with Crippen molar-refractivity contribution in [2.24, 2.45) is 5.92 Å². The van der Waals surface area contributed by atoms with E-state index >= 15 is 0 Å². The van der Waals surface area contributed by atoms with Crippen molar-refractivity contribution in [1.29, 1.82) is 0 Å². The molecule has 1 aliphatic carbocycles. The molecule has 1 fully saturated rings. The van der Waals surface area contributed by atoms with Crippen LogP contribution in [0, 0.1) is 5.92 Å². The van der Waals surface area contributed by atoms with Crippen molar-refractivity contribution in [2.75, 3.05) is 24.5 Å². The Morgan fingerprint density at radius 3 is 2.83 bits per heavy atom. The first-order valence-electron chi connectivity index (χ1n) is 7.24. The summed E-state index contributed by atoms with van der Waals surface area (Å²) in [5.74, 6) is 2.03. The van der Waals surface area contributed by atoms with E-state index in [1.807, 2.05) is 6.20 Å². The SMILES string of the molecule is CCNCc1ccnc(N(CC)CC2CCC2)c1. The molecule has 1 saturated carbocycles. The number of anilines is 1. The van der Waals surface area contributed by atoms with Crippen LogP contribution in [0.2, 0.25) is 0 Å². The number of rotatable bonds is 7. The molecular weight excluding hydrogens is 222 g/mol. The van der Waals surface area contributed by atoms with E-state index in [1.54, 1.807) is 0 Å². The topological polar surface area (TPSA) is 28.2 Å². The van der Waals surface area contributed by atoms with Crippen molar-refractivity contribution >= 4 is 5.82 Å². The van der Waals surface area contributed by atoms with Crippen molar-refractivity contribution in [3.63, 3.8) is 0 Å². The van der Waals surface area contributed by atoms with Gasteiger partial charge in [-0.25, -0.2) is 4.98 Å². The van der Waals surface area contributed by atoms with Gasteiger partial charge in [0.25, 0.3) is 0 Å². The average molecular weight is 247 g/mol. The average Bonchev–Trinajstić information content (AvgIpc) is 2.36. The molecule has 18 heavy (non-hydrogen) atoms. The molecule has 0 atom stereocenters. The Bertz CT molecular complexity index is 361. The van der Waals surface area contributed by atoms with Crippen LogP contribution >= 0.6 is 0 Å². The van der Waals surface area contributed by atoms with Gasteiger partial charge in [0.05, 0.1) is 0 Å². The molecule has 1 aromatic heterocycles. The van der Waals surface area contributed by atoms with Crippen LogP contribution in [0.1, 0.15) is 38.7 Å². The van der Waals surface area contributed by atoms with E-state index in [1.165, 1.54) is 31.4 Å². The largest absolute Gasteiger partial charge is 0.357 e. The third-order valence-corrected chi connectivity index (χ3v) is 3.80. The number of nitrogens with zero attached hydrogens (tertiary/aromatic N) is 2. The molecule has 100 valence electrons. The van der Waals surface area contributed by atoms with Gasteiger partial charge >= 0.3 is 0 Å². The fourth-order valence-corrected chi connectivity index (χ4v) is 2.38.